The highest BCUT2D eigenvalue weighted by Gasteiger charge is 2.28. The summed E-state index contributed by atoms with van der Waals surface area (Å²) in [6, 6.07) is 45.6. The van der Waals surface area contributed by atoms with E-state index >= 15 is 0 Å². The van der Waals surface area contributed by atoms with E-state index in [1.54, 1.807) is 0 Å². The van der Waals surface area contributed by atoms with Crippen LogP contribution in [-0.2, 0) is 0 Å². The van der Waals surface area contributed by atoms with Gasteiger partial charge in [-0.15, -0.1) is 0 Å². The summed E-state index contributed by atoms with van der Waals surface area (Å²) in [5.41, 5.74) is 0. The summed E-state index contributed by atoms with van der Waals surface area (Å²) in [7, 11) is -1.62. The van der Waals surface area contributed by atoms with Crippen LogP contribution < -0.4 is 21.1 Å². The average Bonchev–Trinajstić information content (AvgIpc) is 2.82. The third kappa shape index (κ3) is 4.14. The summed E-state index contributed by atoms with van der Waals surface area (Å²) in [4.78, 5) is 0. The van der Waals surface area contributed by atoms with Crippen LogP contribution in [0, 0.1) is 0 Å². The van der Waals surface area contributed by atoms with Gasteiger partial charge < -0.3 is 0 Å². The van der Waals surface area contributed by atoms with Crippen LogP contribution in [0.5, 0.6) is 0 Å². The quantitative estimate of drug-likeness (QED) is 0.287. The Balaban J connectivity index is 1.97. The molecular formula is C28H29PSi. The third-order valence-corrected chi connectivity index (χ3v) is 13.5. The van der Waals surface area contributed by atoms with E-state index in [4.69, 9.17) is 0 Å². The highest BCUT2D eigenvalue weighted by Crippen LogP contribution is 2.44. The summed E-state index contributed by atoms with van der Waals surface area (Å²) in [6.45, 7) is 3.13. The summed E-state index contributed by atoms with van der Waals surface area (Å²) in [5, 5.41) is 5.81. The zero-order chi connectivity index (χ0) is 20.9. The van der Waals surface area contributed by atoms with E-state index in [2.05, 4.69) is 140 Å². The third-order valence-electron chi connectivity index (χ3n) is 5.92. The Morgan fingerprint density at radius 2 is 0.867 bits per heavy atom. The van der Waals surface area contributed by atoms with E-state index in [0.717, 1.165) is 6.04 Å². The van der Waals surface area contributed by atoms with Crippen molar-refractivity contribution in [3.05, 3.63) is 121 Å². The van der Waals surface area contributed by atoms with Crippen molar-refractivity contribution in [2.45, 2.75) is 19.1 Å². The molecule has 0 N–H and O–H groups in total. The van der Waals surface area contributed by atoms with Crippen molar-refractivity contribution in [2.24, 2.45) is 0 Å². The van der Waals surface area contributed by atoms with Gasteiger partial charge in [0.2, 0.25) is 0 Å². The Labute approximate surface area is 182 Å². The van der Waals surface area contributed by atoms with E-state index in [-0.39, 0.29) is 0 Å². The number of hydrogen-bond acceptors (Lipinski definition) is 0. The minimum atomic E-state index is -1.86. The molecule has 4 aromatic rings. The normalized spacial score (nSPS) is 11.8. The van der Waals surface area contributed by atoms with Crippen LogP contribution in [-0.4, -0.2) is 13.9 Å². The fraction of sp³-hybridized carbons (Fsp3) is 0.107. The first-order valence-electron chi connectivity index (χ1n) is 10.6. The standard InChI is InChI=1S/C28H29PSi/c1-30(2,28-21-13-6-14-22-28)24-23-29(25-15-7-3-8-16-25,26-17-9-4-10-18-26)27-19-11-5-12-20-27/h3-23H,24H2,1-2H3. The summed E-state index contributed by atoms with van der Waals surface area (Å²) in [6.07, 6.45) is 0. The second-order valence-electron chi connectivity index (χ2n) is 8.37. The van der Waals surface area contributed by atoms with E-state index in [1.807, 2.05) is 0 Å². The zero-order valence-corrected chi connectivity index (χ0v) is 19.7. The zero-order valence-electron chi connectivity index (χ0n) is 17.8. The molecule has 0 bridgehead atoms. The highest BCUT2D eigenvalue weighted by atomic mass is 31.2. The Morgan fingerprint density at radius 3 is 1.23 bits per heavy atom. The topological polar surface area (TPSA) is 0 Å². The maximum Gasteiger partial charge on any atom is 0.0843 e. The lowest BCUT2D eigenvalue weighted by Crippen LogP contribution is -2.42. The molecule has 0 heterocycles. The number of benzene rings is 4. The van der Waals surface area contributed by atoms with Crippen LogP contribution in [0.2, 0.25) is 19.1 Å². The summed E-state index contributed by atoms with van der Waals surface area (Å²) < 4.78 is 0. The molecule has 0 atom stereocenters. The smallest absolute Gasteiger partial charge is 0.0766 e. The minimum Gasteiger partial charge on any atom is -0.0766 e. The van der Waals surface area contributed by atoms with Gasteiger partial charge in [-0.2, -0.15) is 0 Å². The molecule has 0 aliphatic heterocycles. The lowest BCUT2D eigenvalue weighted by molar-refractivity contribution is 1.63. The Morgan fingerprint density at radius 1 is 0.533 bits per heavy atom. The molecule has 0 aliphatic rings. The molecule has 0 radical (unpaired) electrons. The van der Waals surface area contributed by atoms with Crippen LogP contribution in [0.25, 0.3) is 0 Å². The first-order chi connectivity index (χ1) is 14.6. The molecule has 4 aromatic carbocycles. The summed E-state index contributed by atoms with van der Waals surface area (Å²) >= 11 is 0. The molecule has 0 saturated carbocycles. The SMILES string of the molecule is C[Si](C)(CC=P(c1ccccc1)(c1ccccc1)c1ccccc1)c1ccccc1. The van der Waals surface area contributed by atoms with Crippen molar-refractivity contribution in [3.63, 3.8) is 0 Å². The predicted octanol–water partition coefficient (Wildman–Crippen LogP) is 5.40. The fourth-order valence-corrected chi connectivity index (χ4v) is 11.8. The molecule has 0 nitrogen and oxygen atoms in total. The van der Waals surface area contributed by atoms with Crippen molar-refractivity contribution in [1.29, 1.82) is 0 Å². The molecule has 2 heteroatoms. The largest absolute Gasteiger partial charge is 0.0843 e. The van der Waals surface area contributed by atoms with Crippen molar-refractivity contribution in [2.75, 3.05) is 0 Å². The first kappa shape index (κ1) is 20.7. The van der Waals surface area contributed by atoms with Gasteiger partial charge in [-0.05, 0) is 28.8 Å². The molecule has 0 aliphatic carbocycles. The Kier molecular flexibility index (Phi) is 6.23. The van der Waals surface area contributed by atoms with Gasteiger partial charge in [-0.1, -0.05) is 145 Å². The summed E-state index contributed by atoms with van der Waals surface area (Å²) in [5.74, 6) is 2.70. The van der Waals surface area contributed by atoms with E-state index in [9.17, 15) is 0 Å². The van der Waals surface area contributed by atoms with E-state index in [1.165, 1.54) is 21.1 Å². The Bertz CT molecular complexity index is 1010. The van der Waals surface area contributed by atoms with Gasteiger partial charge in [-0.3, -0.25) is 0 Å². The molecule has 4 rings (SSSR count). The fourth-order valence-electron chi connectivity index (χ4n) is 4.13. The van der Waals surface area contributed by atoms with Gasteiger partial charge in [0, 0.05) is 0 Å². The maximum atomic E-state index is 2.70. The molecule has 0 fully saturated rings. The van der Waals surface area contributed by atoms with Gasteiger partial charge in [0.1, 0.15) is 0 Å². The van der Waals surface area contributed by atoms with Crippen LogP contribution in [0.4, 0.5) is 0 Å². The maximum absolute atomic E-state index is 2.70. The first-order valence-corrected chi connectivity index (χ1v) is 15.6. The molecule has 0 amide bonds. The van der Waals surface area contributed by atoms with Gasteiger partial charge in [0.05, 0.1) is 8.07 Å². The molecule has 0 spiro atoms. The predicted molar refractivity (Wildman–Crippen MR) is 140 cm³/mol. The van der Waals surface area contributed by atoms with Crippen LogP contribution in [0.3, 0.4) is 0 Å². The average molecular weight is 425 g/mol. The lowest BCUT2D eigenvalue weighted by atomic mass is 10.4. The molecule has 150 valence electrons. The van der Waals surface area contributed by atoms with E-state index < -0.39 is 15.0 Å². The minimum absolute atomic E-state index is 1.14. The second kappa shape index (κ2) is 9.04. The van der Waals surface area contributed by atoms with Crippen LogP contribution in [0.1, 0.15) is 0 Å². The van der Waals surface area contributed by atoms with Crippen molar-refractivity contribution >= 4 is 41.9 Å². The molecule has 0 unspecified atom stereocenters. The monoisotopic (exact) mass is 424 g/mol. The van der Waals surface area contributed by atoms with Gasteiger partial charge in [0.25, 0.3) is 0 Å². The molecule has 0 saturated heterocycles. The lowest BCUT2D eigenvalue weighted by Gasteiger charge is -2.31. The van der Waals surface area contributed by atoms with Crippen molar-refractivity contribution < 1.29 is 0 Å². The highest BCUT2D eigenvalue weighted by molar-refractivity contribution is 7.94. The van der Waals surface area contributed by atoms with Gasteiger partial charge >= 0.3 is 0 Å². The van der Waals surface area contributed by atoms with Crippen LogP contribution >= 0.6 is 6.89 Å². The van der Waals surface area contributed by atoms with Gasteiger partial charge in [0.15, 0.2) is 0 Å². The number of hydrogen-bond donors (Lipinski definition) is 0. The van der Waals surface area contributed by atoms with E-state index in [0.29, 0.717) is 0 Å². The van der Waals surface area contributed by atoms with Gasteiger partial charge in [-0.25, -0.2) is 0 Å². The molecule has 0 aromatic heterocycles. The molecule has 30 heavy (non-hydrogen) atoms. The number of rotatable bonds is 6. The van der Waals surface area contributed by atoms with Crippen molar-refractivity contribution in [1.82, 2.24) is 0 Å². The van der Waals surface area contributed by atoms with Crippen LogP contribution in [0.15, 0.2) is 121 Å². The van der Waals surface area contributed by atoms with Crippen molar-refractivity contribution in [3.8, 4) is 0 Å². The molecular weight excluding hydrogens is 395 g/mol. The Hall–Kier alpha value is -2.60. The second-order valence-corrected chi connectivity index (χ2v) is 16.5.